The number of hydrogen-bond donors (Lipinski definition) is 1. The molecule has 1 N–H and O–H groups in total. The molecular weight excluding hydrogens is 266 g/mol. The van der Waals surface area contributed by atoms with Crippen LogP contribution in [0.2, 0.25) is 0 Å². The highest BCUT2D eigenvalue weighted by Crippen LogP contribution is 2.16. The predicted molar refractivity (Wildman–Crippen MR) is 71.4 cm³/mol. The van der Waals surface area contributed by atoms with Crippen molar-refractivity contribution in [3.05, 3.63) is 29.3 Å². The quantitative estimate of drug-likeness (QED) is 0.887. The van der Waals surface area contributed by atoms with Gasteiger partial charge >= 0.3 is 0 Å². The van der Waals surface area contributed by atoms with Gasteiger partial charge in [0.15, 0.2) is 6.29 Å². The highest BCUT2D eigenvalue weighted by molar-refractivity contribution is 7.89. The Labute approximate surface area is 114 Å². The molecular formula is C13H19NO4S. The summed E-state index contributed by atoms with van der Waals surface area (Å²) in [4.78, 5) is 0.334. The van der Waals surface area contributed by atoms with Crippen molar-refractivity contribution in [2.45, 2.75) is 31.5 Å². The summed E-state index contributed by atoms with van der Waals surface area (Å²) in [7, 11) is -3.47. The van der Waals surface area contributed by atoms with Crippen LogP contribution >= 0.6 is 0 Å². The third kappa shape index (κ3) is 3.76. The summed E-state index contributed by atoms with van der Waals surface area (Å²) in [5.74, 6) is 0. The molecule has 1 aromatic carbocycles. The number of nitrogens with one attached hydrogen (secondary N) is 1. The van der Waals surface area contributed by atoms with E-state index in [0.29, 0.717) is 31.1 Å². The molecule has 2 rings (SSSR count). The largest absolute Gasteiger partial charge is 0.350 e. The molecule has 19 heavy (non-hydrogen) atoms. The SMILES string of the molecule is Cc1ccc(C)c(S(=O)(=O)NCCC2OCCO2)c1. The van der Waals surface area contributed by atoms with Crippen molar-refractivity contribution in [1.82, 2.24) is 4.72 Å². The molecule has 0 spiro atoms. The van der Waals surface area contributed by atoms with Crippen molar-refractivity contribution in [3.63, 3.8) is 0 Å². The normalized spacial score (nSPS) is 16.9. The Bertz CT molecular complexity index is 536. The van der Waals surface area contributed by atoms with Gasteiger partial charge in [0.2, 0.25) is 10.0 Å². The molecule has 0 atom stereocenters. The molecule has 1 aliphatic rings. The van der Waals surface area contributed by atoms with Crippen LogP contribution in [0.1, 0.15) is 17.5 Å². The molecule has 0 saturated carbocycles. The first-order valence-electron chi connectivity index (χ1n) is 6.29. The smallest absolute Gasteiger partial charge is 0.240 e. The van der Waals surface area contributed by atoms with Crippen molar-refractivity contribution in [1.29, 1.82) is 0 Å². The Morgan fingerprint density at radius 3 is 2.63 bits per heavy atom. The highest BCUT2D eigenvalue weighted by Gasteiger charge is 2.19. The minimum atomic E-state index is -3.47. The molecule has 106 valence electrons. The van der Waals surface area contributed by atoms with Crippen molar-refractivity contribution in [2.24, 2.45) is 0 Å². The second-order valence-corrected chi connectivity index (χ2v) is 6.36. The van der Waals surface area contributed by atoms with E-state index in [1.807, 2.05) is 19.1 Å². The van der Waals surface area contributed by atoms with Crippen LogP contribution in [0.15, 0.2) is 23.1 Å². The Morgan fingerprint density at radius 1 is 1.26 bits per heavy atom. The summed E-state index contributed by atoms with van der Waals surface area (Å²) in [6, 6.07) is 5.39. The summed E-state index contributed by atoms with van der Waals surface area (Å²) in [6.45, 7) is 5.12. The standard InChI is InChI=1S/C13H19NO4S/c1-10-3-4-11(2)12(9-10)19(15,16)14-6-5-13-17-7-8-18-13/h3-4,9,13-14H,5-8H2,1-2H3. The van der Waals surface area contributed by atoms with E-state index in [9.17, 15) is 8.42 Å². The van der Waals surface area contributed by atoms with Gasteiger partial charge in [-0.3, -0.25) is 0 Å². The number of sulfonamides is 1. The summed E-state index contributed by atoms with van der Waals surface area (Å²) < 4.78 is 37.5. The molecule has 1 heterocycles. The van der Waals surface area contributed by atoms with Crippen LogP contribution in [0, 0.1) is 13.8 Å². The minimum absolute atomic E-state index is 0.290. The molecule has 6 heteroatoms. The van der Waals surface area contributed by atoms with Crippen molar-refractivity contribution in [2.75, 3.05) is 19.8 Å². The second kappa shape index (κ2) is 6.00. The van der Waals surface area contributed by atoms with Crippen molar-refractivity contribution < 1.29 is 17.9 Å². The first-order valence-corrected chi connectivity index (χ1v) is 7.77. The zero-order valence-electron chi connectivity index (χ0n) is 11.2. The number of hydrogen-bond acceptors (Lipinski definition) is 4. The minimum Gasteiger partial charge on any atom is -0.350 e. The van der Waals surface area contributed by atoms with E-state index in [-0.39, 0.29) is 6.29 Å². The average molecular weight is 285 g/mol. The molecule has 1 aliphatic heterocycles. The van der Waals surface area contributed by atoms with Gasteiger partial charge < -0.3 is 9.47 Å². The second-order valence-electron chi connectivity index (χ2n) is 4.63. The summed E-state index contributed by atoms with van der Waals surface area (Å²) in [5.41, 5.74) is 1.67. The maximum absolute atomic E-state index is 12.2. The molecule has 5 nitrogen and oxygen atoms in total. The zero-order valence-corrected chi connectivity index (χ0v) is 12.0. The van der Waals surface area contributed by atoms with Crippen LogP contribution in [0.3, 0.4) is 0 Å². The summed E-state index contributed by atoms with van der Waals surface area (Å²) >= 11 is 0. The molecule has 0 bridgehead atoms. The van der Waals surface area contributed by atoms with Gasteiger partial charge in [-0.05, 0) is 31.0 Å². The molecule has 1 fully saturated rings. The van der Waals surface area contributed by atoms with E-state index in [0.717, 1.165) is 11.1 Å². The van der Waals surface area contributed by atoms with E-state index in [1.54, 1.807) is 13.0 Å². The Kier molecular flexibility index (Phi) is 4.57. The van der Waals surface area contributed by atoms with Crippen LogP contribution in [-0.2, 0) is 19.5 Å². The summed E-state index contributed by atoms with van der Waals surface area (Å²) in [6.07, 6.45) is 0.227. The van der Waals surface area contributed by atoms with Crippen molar-refractivity contribution in [3.8, 4) is 0 Å². The number of aryl methyl sites for hydroxylation is 2. The fraction of sp³-hybridized carbons (Fsp3) is 0.538. The van der Waals surface area contributed by atoms with Gasteiger partial charge in [0.05, 0.1) is 18.1 Å². The third-order valence-corrected chi connectivity index (χ3v) is 4.60. The highest BCUT2D eigenvalue weighted by atomic mass is 32.2. The van der Waals surface area contributed by atoms with E-state index in [1.165, 1.54) is 0 Å². The lowest BCUT2D eigenvalue weighted by molar-refractivity contribution is -0.0451. The van der Waals surface area contributed by atoms with E-state index in [4.69, 9.17) is 9.47 Å². The molecule has 1 saturated heterocycles. The van der Waals surface area contributed by atoms with Crippen LogP contribution in [0.4, 0.5) is 0 Å². The lowest BCUT2D eigenvalue weighted by Crippen LogP contribution is -2.28. The molecule has 0 aromatic heterocycles. The Balaban J connectivity index is 1.99. The van der Waals surface area contributed by atoms with Crippen LogP contribution in [0.5, 0.6) is 0 Å². The van der Waals surface area contributed by atoms with E-state index in [2.05, 4.69) is 4.72 Å². The maximum atomic E-state index is 12.2. The number of rotatable bonds is 5. The molecule has 1 aromatic rings. The zero-order chi connectivity index (χ0) is 13.9. The van der Waals surface area contributed by atoms with E-state index >= 15 is 0 Å². The van der Waals surface area contributed by atoms with Crippen LogP contribution in [0.25, 0.3) is 0 Å². The van der Waals surface area contributed by atoms with Gasteiger partial charge in [-0.1, -0.05) is 12.1 Å². The predicted octanol–water partition coefficient (Wildman–Crippen LogP) is 1.34. The van der Waals surface area contributed by atoms with Gasteiger partial charge in [-0.2, -0.15) is 0 Å². The maximum Gasteiger partial charge on any atom is 0.240 e. The summed E-state index contributed by atoms with van der Waals surface area (Å²) in [5, 5.41) is 0. The Hall–Kier alpha value is -0.950. The fourth-order valence-corrected chi connectivity index (χ4v) is 3.33. The first kappa shape index (κ1) is 14.5. The van der Waals surface area contributed by atoms with Crippen LogP contribution < -0.4 is 4.72 Å². The van der Waals surface area contributed by atoms with Crippen LogP contribution in [-0.4, -0.2) is 34.5 Å². The molecule has 0 unspecified atom stereocenters. The van der Waals surface area contributed by atoms with E-state index < -0.39 is 10.0 Å². The first-order chi connectivity index (χ1) is 8.99. The molecule has 0 aliphatic carbocycles. The van der Waals surface area contributed by atoms with Gasteiger partial charge in [0.1, 0.15) is 0 Å². The Morgan fingerprint density at radius 2 is 1.95 bits per heavy atom. The average Bonchev–Trinajstić information content (AvgIpc) is 2.85. The molecule has 0 amide bonds. The monoisotopic (exact) mass is 285 g/mol. The van der Waals surface area contributed by atoms with Crippen molar-refractivity contribution >= 4 is 10.0 Å². The lowest BCUT2D eigenvalue weighted by atomic mass is 10.2. The number of ether oxygens (including phenoxy) is 2. The fourth-order valence-electron chi connectivity index (χ4n) is 1.96. The van der Waals surface area contributed by atoms with Gasteiger partial charge in [-0.15, -0.1) is 0 Å². The lowest BCUT2D eigenvalue weighted by Gasteiger charge is -2.12. The van der Waals surface area contributed by atoms with Gasteiger partial charge in [0.25, 0.3) is 0 Å². The third-order valence-electron chi connectivity index (χ3n) is 3.00. The van der Waals surface area contributed by atoms with Gasteiger partial charge in [0, 0.05) is 13.0 Å². The topological polar surface area (TPSA) is 64.6 Å². The van der Waals surface area contributed by atoms with Gasteiger partial charge in [-0.25, -0.2) is 13.1 Å². The molecule has 0 radical (unpaired) electrons. The number of benzene rings is 1.